The number of carboxylic acid groups (broad SMARTS) is 1. The molecule has 1 N–H and O–H groups in total. The zero-order valence-corrected chi connectivity index (χ0v) is 11.7. The van der Waals surface area contributed by atoms with Gasteiger partial charge in [0.05, 0.1) is 5.75 Å². The summed E-state index contributed by atoms with van der Waals surface area (Å²) in [6.07, 6.45) is 1.49. The molecule has 1 amide bonds. The Labute approximate surface area is 121 Å². The van der Waals surface area contributed by atoms with Crippen LogP contribution in [0.5, 0.6) is 0 Å². The van der Waals surface area contributed by atoms with Crippen molar-refractivity contribution in [1.29, 1.82) is 0 Å². The summed E-state index contributed by atoms with van der Waals surface area (Å²) in [4.78, 5) is 23.7. The van der Waals surface area contributed by atoms with E-state index in [1.165, 1.54) is 34.9 Å². The van der Waals surface area contributed by atoms with Crippen molar-refractivity contribution in [2.75, 3.05) is 18.8 Å². The minimum absolute atomic E-state index is 0.179. The normalized spacial score (nSPS) is 10.1. The number of aliphatic carboxylic acids is 1. The van der Waals surface area contributed by atoms with Gasteiger partial charge < -0.3 is 10.0 Å². The predicted octanol–water partition coefficient (Wildman–Crippen LogP) is 2.16. The number of benzene rings is 1. The van der Waals surface area contributed by atoms with Crippen LogP contribution < -0.4 is 0 Å². The number of thioether (sulfide) groups is 1. The number of halogens is 1. The molecule has 0 aromatic heterocycles. The predicted molar refractivity (Wildman–Crippen MR) is 77.0 cm³/mol. The van der Waals surface area contributed by atoms with Crippen LogP contribution >= 0.6 is 11.8 Å². The summed E-state index contributed by atoms with van der Waals surface area (Å²) in [5.74, 6) is -0.851. The maximum Gasteiger partial charge on any atom is 0.323 e. The van der Waals surface area contributed by atoms with Gasteiger partial charge in [0.1, 0.15) is 12.4 Å². The number of carbonyl (C=O) groups excluding carboxylic acids is 1. The van der Waals surface area contributed by atoms with E-state index in [1.54, 1.807) is 12.1 Å². The van der Waals surface area contributed by atoms with Crippen LogP contribution in [0.2, 0.25) is 0 Å². The molecule has 0 heterocycles. The van der Waals surface area contributed by atoms with Gasteiger partial charge in [-0.05, 0) is 17.7 Å². The highest BCUT2D eigenvalue weighted by Crippen LogP contribution is 2.13. The summed E-state index contributed by atoms with van der Waals surface area (Å²) in [7, 11) is 0. The van der Waals surface area contributed by atoms with E-state index in [9.17, 15) is 14.0 Å². The Hall–Kier alpha value is -1.82. The van der Waals surface area contributed by atoms with Gasteiger partial charge in [-0.15, -0.1) is 18.3 Å². The van der Waals surface area contributed by atoms with Gasteiger partial charge in [-0.25, -0.2) is 4.39 Å². The molecule has 0 aliphatic heterocycles. The van der Waals surface area contributed by atoms with Crippen molar-refractivity contribution in [1.82, 2.24) is 4.90 Å². The first-order valence-corrected chi connectivity index (χ1v) is 7.11. The molecule has 0 saturated carbocycles. The summed E-state index contributed by atoms with van der Waals surface area (Å²) in [5.41, 5.74) is 0.915. The fourth-order valence-electron chi connectivity index (χ4n) is 1.50. The fraction of sp³-hybridized carbons (Fsp3) is 0.286. The third-order valence-corrected chi connectivity index (χ3v) is 3.42. The van der Waals surface area contributed by atoms with Gasteiger partial charge >= 0.3 is 5.97 Å². The standard InChI is InChI=1S/C14H16FNO3S/c1-2-7-16(8-14(18)19)13(17)10-20-9-11-3-5-12(15)6-4-11/h2-6H,1,7-10H2,(H,18,19). The Morgan fingerprint density at radius 3 is 2.55 bits per heavy atom. The van der Waals surface area contributed by atoms with E-state index in [1.807, 2.05) is 0 Å². The molecule has 1 aromatic carbocycles. The highest BCUT2D eigenvalue weighted by Gasteiger charge is 2.15. The molecule has 0 spiro atoms. The average Bonchev–Trinajstić information content (AvgIpc) is 2.40. The smallest absolute Gasteiger partial charge is 0.323 e. The number of rotatable bonds is 8. The molecule has 108 valence electrons. The van der Waals surface area contributed by atoms with Crippen molar-refractivity contribution in [3.8, 4) is 0 Å². The molecule has 0 aliphatic carbocycles. The summed E-state index contributed by atoms with van der Waals surface area (Å²) >= 11 is 1.36. The molecule has 0 saturated heterocycles. The Morgan fingerprint density at radius 1 is 1.35 bits per heavy atom. The van der Waals surface area contributed by atoms with Crippen LogP contribution in [0.15, 0.2) is 36.9 Å². The van der Waals surface area contributed by atoms with E-state index in [-0.39, 0.29) is 30.6 Å². The van der Waals surface area contributed by atoms with Crippen LogP contribution in [0.25, 0.3) is 0 Å². The monoisotopic (exact) mass is 297 g/mol. The summed E-state index contributed by atoms with van der Waals surface area (Å²) in [5, 5.41) is 8.72. The fourth-order valence-corrected chi connectivity index (χ4v) is 2.39. The van der Waals surface area contributed by atoms with Gasteiger partial charge in [0.15, 0.2) is 0 Å². The van der Waals surface area contributed by atoms with E-state index in [2.05, 4.69) is 6.58 Å². The molecule has 0 atom stereocenters. The number of hydrogen-bond acceptors (Lipinski definition) is 3. The zero-order chi connectivity index (χ0) is 15.0. The molecular weight excluding hydrogens is 281 g/mol. The Morgan fingerprint density at radius 2 is 2.00 bits per heavy atom. The molecule has 0 bridgehead atoms. The lowest BCUT2D eigenvalue weighted by Crippen LogP contribution is -2.36. The van der Waals surface area contributed by atoms with Crippen LogP contribution in [-0.4, -0.2) is 40.7 Å². The third-order valence-electron chi connectivity index (χ3n) is 2.44. The quantitative estimate of drug-likeness (QED) is 0.747. The van der Waals surface area contributed by atoms with Gasteiger partial charge in [-0.3, -0.25) is 9.59 Å². The lowest BCUT2D eigenvalue weighted by Gasteiger charge is -2.18. The molecule has 1 rings (SSSR count). The van der Waals surface area contributed by atoms with Crippen molar-refractivity contribution in [2.45, 2.75) is 5.75 Å². The molecule has 4 nitrogen and oxygen atoms in total. The summed E-state index contributed by atoms with van der Waals surface area (Å²) < 4.78 is 12.7. The number of hydrogen-bond donors (Lipinski definition) is 1. The second-order valence-electron chi connectivity index (χ2n) is 4.08. The molecule has 6 heteroatoms. The maximum absolute atomic E-state index is 12.7. The van der Waals surface area contributed by atoms with Crippen LogP contribution in [0.1, 0.15) is 5.56 Å². The Kier molecular flexibility index (Phi) is 6.79. The first kappa shape index (κ1) is 16.2. The van der Waals surface area contributed by atoms with Crippen LogP contribution in [0.4, 0.5) is 4.39 Å². The van der Waals surface area contributed by atoms with Crippen LogP contribution in [-0.2, 0) is 15.3 Å². The van der Waals surface area contributed by atoms with Crippen LogP contribution in [0.3, 0.4) is 0 Å². The Bertz CT molecular complexity index is 476. The third kappa shape index (κ3) is 5.88. The van der Waals surface area contributed by atoms with Gasteiger partial charge in [0, 0.05) is 12.3 Å². The number of carbonyl (C=O) groups is 2. The number of amides is 1. The van der Waals surface area contributed by atoms with Gasteiger partial charge in [0.2, 0.25) is 5.91 Å². The molecule has 0 radical (unpaired) electrons. The summed E-state index contributed by atoms with van der Waals surface area (Å²) in [6.45, 7) is 3.38. The number of carboxylic acids is 1. The first-order chi connectivity index (χ1) is 9.52. The van der Waals surface area contributed by atoms with Crippen molar-refractivity contribution >= 4 is 23.6 Å². The van der Waals surface area contributed by atoms with E-state index in [4.69, 9.17) is 5.11 Å². The summed E-state index contributed by atoms with van der Waals surface area (Å²) in [6, 6.07) is 6.05. The maximum atomic E-state index is 12.7. The van der Waals surface area contributed by atoms with Crippen LogP contribution in [0, 0.1) is 5.82 Å². The Balaban J connectivity index is 2.42. The van der Waals surface area contributed by atoms with E-state index in [0.717, 1.165) is 5.56 Å². The topological polar surface area (TPSA) is 57.6 Å². The van der Waals surface area contributed by atoms with E-state index < -0.39 is 5.97 Å². The van der Waals surface area contributed by atoms with E-state index >= 15 is 0 Å². The molecule has 20 heavy (non-hydrogen) atoms. The number of nitrogens with zero attached hydrogens (tertiary/aromatic N) is 1. The lowest BCUT2D eigenvalue weighted by molar-refractivity contribution is -0.143. The molecule has 0 fully saturated rings. The van der Waals surface area contributed by atoms with Crippen molar-refractivity contribution < 1.29 is 19.1 Å². The van der Waals surface area contributed by atoms with Crippen molar-refractivity contribution in [3.63, 3.8) is 0 Å². The second kappa shape index (κ2) is 8.37. The molecular formula is C14H16FNO3S. The molecule has 0 unspecified atom stereocenters. The lowest BCUT2D eigenvalue weighted by atomic mass is 10.2. The highest BCUT2D eigenvalue weighted by molar-refractivity contribution is 7.99. The zero-order valence-electron chi connectivity index (χ0n) is 10.9. The first-order valence-electron chi connectivity index (χ1n) is 5.95. The minimum Gasteiger partial charge on any atom is -0.480 e. The van der Waals surface area contributed by atoms with Gasteiger partial charge in [0.25, 0.3) is 0 Å². The van der Waals surface area contributed by atoms with Gasteiger partial charge in [-0.1, -0.05) is 18.2 Å². The second-order valence-corrected chi connectivity index (χ2v) is 5.06. The molecule has 0 aliphatic rings. The molecule has 1 aromatic rings. The average molecular weight is 297 g/mol. The largest absolute Gasteiger partial charge is 0.480 e. The van der Waals surface area contributed by atoms with Gasteiger partial charge in [-0.2, -0.15) is 0 Å². The SMILES string of the molecule is C=CCN(CC(=O)O)C(=O)CSCc1ccc(F)cc1. The minimum atomic E-state index is -1.05. The highest BCUT2D eigenvalue weighted by atomic mass is 32.2. The van der Waals surface area contributed by atoms with E-state index in [0.29, 0.717) is 5.75 Å². The van der Waals surface area contributed by atoms with Crippen molar-refractivity contribution in [3.05, 3.63) is 48.3 Å². The van der Waals surface area contributed by atoms with Crippen molar-refractivity contribution in [2.24, 2.45) is 0 Å².